The summed E-state index contributed by atoms with van der Waals surface area (Å²) >= 11 is 7.19. The molecular weight excluding hydrogens is 420 g/mol. The van der Waals surface area contributed by atoms with Crippen LogP contribution in [0, 0.1) is 6.92 Å². The molecule has 29 heavy (non-hydrogen) atoms. The second-order valence-electron chi connectivity index (χ2n) is 6.19. The Balaban J connectivity index is 1.63. The molecule has 1 saturated heterocycles. The smallest absolute Gasteiger partial charge is 0.357 e. The summed E-state index contributed by atoms with van der Waals surface area (Å²) in [7, 11) is 1.24. The molecule has 3 rings (SSSR count). The number of carbonyl (C=O) groups excluding carboxylic acids is 4. The van der Waals surface area contributed by atoms with Crippen molar-refractivity contribution in [2.75, 3.05) is 12.4 Å². The van der Waals surface area contributed by atoms with Gasteiger partial charge >= 0.3 is 12.0 Å². The van der Waals surface area contributed by atoms with Gasteiger partial charge in [0.15, 0.2) is 10.8 Å². The van der Waals surface area contributed by atoms with E-state index in [-0.39, 0.29) is 23.8 Å². The number of nitrogens with zero attached hydrogens (tertiary/aromatic N) is 2. The van der Waals surface area contributed by atoms with Crippen LogP contribution in [0.15, 0.2) is 24.3 Å². The first-order valence-corrected chi connectivity index (χ1v) is 9.70. The Morgan fingerprint density at radius 1 is 1.34 bits per heavy atom. The SMILES string of the molecule is COC(=O)c1nc(NC(=O)C[C@@H]2NC(=O)N(Cc3ccccc3Cl)C2=O)sc1C. The third kappa shape index (κ3) is 4.54. The zero-order valence-corrected chi connectivity index (χ0v) is 17.1. The van der Waals surface area contributed by atoms with E-state index in [1.165, 1.54) is 7.11 Å². The maximum absolute atomic E-state index is 12.6. The maximum atomic E-state index is 12.6. The van der Waals surface area contributed by atoms with Gasteiger partial charge in [0.1, 0.15) is 6.04 Å². The van der Waals surface area contributed by atoms with E-state index in [9.17, 15) is 19.2 Å². The quantitative estimate of drug-likeness (QED) is 0.530. The Bertz CT molecular complexity index is 992. The number of anilines is 1. The molecule has 0 bridgehead atoms. The molecular formula is C18H17ClN4O5S. The molecule has 4 amide bonds. The normalized spacial score (nSPS) is 16.0. The highest BCUT2D eigenvalue weighted by molar-refractivity contribution is 7.16. The molecule has 1 fully saturated rings. The second-order valence-corrected chi connectivity index (χ2v) is 7.80. The Kier molecular flexibility index (Phi) is 6.14. The zero-order chi connectivity index (χ0) is 21.1. The lowest BCUT2D eigenvalue weighted by Gasteiger charge is -2.14. The van der Waals surface area contributed by atoms with Crippen molar-refractivity contribution in [2.24, 2.45) is 0 Å². The van der Waals surface area contributed by atoms with Crippen LogP contribution < -0.4 is 10.6 Å². The Morgan fingerprint density at radius 2 is 2.07 bits per heavy atom. The number of aromatic nitrogens is 1. The topological polar surface area (TPSA) is 118 Å². The van der Waals surface area contributed by atoms with E-state index in [1.807, 2.05) is 0 Å². The molecule has 1 aliphatic rings. The van der Waals surface area contributed by atoms with Crippen LogP contribution >= 0.6 is 22.9 Å². The zero-order valence-electron chi connectivity index (χ0n) is 15.5. The summed E-state index contributed by atoms with van der Waals surface area (Å²) in [6, 6.07) is 5.29. The fourth-order valence-electron chi connectivity index (χ4n) is 2.75. The monoisotopic (exact) mass is 436 g/mol. The molecule has 1 aromatic heterocycles. The van der Waals surface area contributed by atoms with Gasteiger partial charge in [-0.1, -0.05) is 29.8 Å². The second kappa shape index (κ2) is 8.58. The van der Waals surface area contributed by atoms with E-state index in [0.29, 0.717) is 15.5 Å². The summed E-state index contributed by atoms with van der Waals surface area (Å²) in [6.07, 6.45) is -0.268. The molecule has 2 N–H and O–H groups in total. The van der Waals surface area contributed by atoms with E-state index >= 15 is 0 Å². The summed E-state index contributed by atoms with van der Waals surface area (Å²) in [6.45, 7) is 1.68. The van der Waals surface area contributed by atoms with Crippen LogP contribution in [-0.4, -0.2) is 46.9 Å². The number of ether oxygens (including phenoxy) is 1. The Morgan fingerprint density at radius 3 is 2.76 bits per heavy atom. The number of hydrogen-bond donors (Lipinski definition) is 2. The molecule has 0 radical (unpaired) electrons. The van der Waals surface area contributed by atoms with Crippen LogP contribution in [0.25, 0.3) is 0 Å². The summed E-state index contributed by atoms with van der Waals surface area (Å²) in [4.78, 5) is 54.2. The van der Waals surface area contributed by atoms with Crippen LogP contribution in [0.3, 0.4) is 0 Å². The van der Waals surface area contributed by atoms with Crippen molar-refractivity contribution in [3.63, 3.8) is 0 Å². The van der Waals surface area contributed by atoms with Crippen LogP contribution in [0.1, 0.15) is 27.3 Å². The predicted molar refractivity (Wildman–Crippen MR) is 106 cm³/mol. The number of benzene rings is 1. The molecule has 9 nitrogen and oxygen atoms in total. The lowest BCUT2D eigenvalue weighted by atomic mass is 10.1. The molecule has 0 unspecified atom stereocenters. The largest absolute Gasteiger partial charge is 0.464 e. The van der Waals surface area contributed by atoms with Gasteiger partial charge in [0, 0.05) is 9.90 Å². The van der Waals surface area contributed by atoms with E-state index in [0.717, 1.165) is 16.2 Å². The Labute approximate surface area is 175 Å². The summed E-state index contributed by atoms with van der Waals surface area (Å²) in [5.41, 5.74) is 0.736. The van der Waals surface area contributed by atoms with Crippen molar-refractivity contribution < 1.29 is 23.9 Å². The standard InChI is InChI=1S/C18H17ClN4O5S/c1-9-14(16(26)28-2)22-17(29-9)21-13(24)7-12-15(25)23(18(27)20-12)8-10-5-3-4-6-11(10)19/h3-6,12H,7-8H2,1-2H3,(H,20,27)(H,21,22,24)/t12-/m0/s1. The molecule has 0 spiro atoms. The number of methoxy groups -OCH3 is 1. The summed E-state index contributed by atoms with van der Waals surface area (Å²) in [5, 5.41) is 5.68. The first-order valence-electron chi connectivity index (χ1n) is 8.51. The number of thiazole rings is 1. The number of rotatable bonds is 6. The van der Waals surface area contributed by atoms with Gasteiger partial charge in [0.05, 0.1) is 20.1 Å². The molecule has 0 saturated carbocycles. The molecule has 2 heterocycles. The van der Waals surface area contributed by atoms with E-state index in [4.69, 9.17) is 11.6 Å². The maximum Gasteiger partial charge on any atom is 0.357 e. The summed E-state index contributed by atoms with van der Waals surface area (Å²) < 4.78 is 4.62. The van der Waals surface area contributed by atoms with Gasteiger partial charge in [-0.25, -0.2) is 14.6 Å². The Hall–Kier alpha value is -2.98. The number of amides is 4. The number of carbonyl (C=O) groups is 4. The molecule has 1 aliphatic heterocycles. The number of nitrogens with one attached hydrogen (secondary N) is 2. The number of aryl methyl sites for hydroxylation is 1. The molecule has 1 atom stereocenters. The van der Waals surface area contributed by atoms with Crippen LogP contribution in [0.4, 0.5) is 9.93 Å². The highest BCUT2D eigenvalue weighted by Gasteiger charge is 2.39. The van der Waals surface area contributed by atoms with Crippen molar-refractivity contribution in [2.45, 2.75) is 25.9 Å². The molecule has 2 aromatic rings. The van der Waals surface area contributed by atoms with Crippen molar-refractivity contribution in [3.05, 3.63) is 45.4 Å². The van der Waals surface area contributed by atoms with Gasteiger partial charge in [-0.05, 0) is 18.6 Å². The average Bonchev–Trinajstić information content (AvgIpc) is 3.16. The van der Waals surface area contributed by atoms with Crippen LogP contribution in [0.2, 0.25) is 5.02 Å². The fraction of sp³-hybridized carbons (Fsp3) is 0.278. The minimum absolute atomic E-state index is 0.0105. The van der Waals surface area contributed by atoms with Gasteiger partial charge in [0.25, 0.3) is 5.91 Å². The summed E-state index contributed by atoms with van der Waals surface area (Å²) in [5.74, 6) is -1.64. The van der Waals surface area contributed by atoms with Crippen LogP contribution in [-0.2, 0) is 20.9 Å². The molecule has 152 valence electrons. The molecule has 1 aromatic carbocycles. The number of halogens is 1. The van der Waals surface area contributed by atoms with Crippen molar-refractivity contribution in [3.8, 4) is 0 Å². The fourth-order valence-corrected chi connectivity index (χ4v) is 3.77. The van der Waals surface area contributed by atoms with Crippen LogP contribution in [0.5, 0.6) is 0 Å². The van der Waals surface area contributed by atoms with Gasteiger partial charge in [-0.3, -0.25) is 14.5 Å². The highest BCUT2D eigenvalue weighted by atomic mass is 35.5. The van der Waals surface area contributed by atoms with E-state index in [1.54, 1.807) is 31.2 Å². The third-order valence-corrected chi connectivity index (χ3v) is 5.46. The van der Waals surface area contributed by atoms with Crippen molar-refractivity contribution >= 4 is 51.9 Å². The minimum atomic E-state index is -0.994. The lowest BCUT2D eigenvalue weighted by molar-refractivity contribution is -0.130. The van der Waals surface area contributed by atoms with Gasteiger partial charge in [-0.15, -0.1) is 11.3 Å². The predicted octanol–water partition coefficient (Wildman–Crippen LogP) is 2.34. The molecule has 0 aliphatic carbocycles. The van der Waals surface area contributed by atoms with Gasteiger partial charge < -0.3 is 15.4 Å². The van der Waals surface area contributed by atoms with E-state index in [2.05, 4.69) is 20.4 Å². The highest BCUT2D eigenvalue weighted by Crippen LogP contribution is 2.24. The van der Waals surface area contributed by atoms with E-state index < -0.39 is 29.9 Å². The van der Waals surface area contributed by atoms with Gasteiger partial charge in [-0.2, -0.15) is 0 Å². The van der Waals surface area contributed by atoms with Gasteiger partial charge in [0.2, 0.25) is 5.91 Å². The number of imide groups is 1. The first-order chi connectivity index (χ1) is 13.8. The van der Waals surface area contributed by atoms with Crippen molar-refractivity contribution in [1.29, 1.82) is 0 Å². The number of esters is 1. The van der Waals surface area contributed by atoms with Crippen molar-refractivity contribution in [1.82, 2.24) is 15.2 Å². The average molecular weight is 437 g/mol. The number of hydrogen-bond acceptors (Lipinski definition) is 7. The minimum Gasteiger partial charge on any atom is -0.464 e. The molecule has 11 heteroatoms. The first kappa shape index (κ1) is 20.7. The number of urea groups is 1. The lowest BCUT2D eigenvalue weighted by Crippen LogP contribution is -2.34. The third-order valence-electron chi connectivity index (χ3n) is 4.20.